The maximum Gasteiger partial charge on any atom is 0.352 e. The van der Waals surface area contributed by atoms with Crippen LogP contribution in [0.3, 0.4) is 0 Å². The van der Waals surface area contributed by atoms with Crippen LogP contribution in [0.5, 0.6) is 0 Å². The van der Waals surface area contributed by atoms with Crippen molar-refractivity contribution >= 4 is 61.6 Å². The Labute approximate surface area is 206 Å². The Kier molecular flexibility index (Phi) is 6.56. The van der Waals surface area contributed by atoms with E-state index in [9.17, 15) is 33.1 Å². The maximum absolute atomic E-state index is 12.8. The molecule has 2 aliphatic rings. The number of aryl methyl sites for hydroxylation is 1. The molecule has 0 saturated carbocycles. The van der Waals surface area contributed by atoms with Gasteiger partial charge in [-0.3, -0.25) is 14.5 Å². The van der Waals surface area contributed by atoms with Crippen molar-refractivity contribution in [1.82, 2.24) is 24.8 Å². The first-order valence-corrected chi connectivity index (χ1v) is 13.6. The van der Waals surface area contributed by atoms with Gasteiger partial charge in [0.25, 0.3) is 11.8 Å². The highest BCUT2D eigenvalue weighted by atomic mass is 32.2. The molecule has 2 aromatic rings. The van der Waals surface area contributed by atoms with Crippen LogP contribution in [0.25, 0.3) is 0 Å². The van der Waals surface area contributed by atoms with Crippen molar-refractivity contribution in [3.05, 3.63) is 40.6 Å². The molecule has 5 N–H and O–H groups in total. The van der Waals surface area contributed by atoms with Crippen molar-refractivity contribution in [3.63, 3.8) is 0 Å². The van der Waals surface area contributed by atoms with Crippen LogP contribution in [-0.4, -0.2) is 84.6 Å². The fourth-order valence-electron chi connectivity index (χ4n) is 3.70. The lowest BCUT2D eigenvalue weighted by molar-refractivity contribution is -0.150. The number of carbonyl (C=O) groups excluding carboxylic acids is 2. The molecule has 17 heteroatoms. The molecule has 0 bridgehead atoms. The van der Waals surface area contributed by atoms with Crippen LogP contribution < -0.4 is 11.1 Å². The zero-order valence-corrected chi connectivity index (χ0v) is 20.4. The van der Waals surface area contributed by atoms with Crippen molar-refractivity contribution < 1.29 is 33.1 Å². The molecule has 14 nitrogen and oxygen atoms in total. The molecule has 186 valence electrons. The number of hydrogen-bond acceptors (Lipinski definition) is 12. The summed E-state index contributed by atoms with van der Waals surface area (Å²) < 4.78 is 27.0. The standard InChI is InChI=1S/C18H19N7O7S3/c1-24-2-9(20-7-24)6-35(31,32)5-8-3-33-16-12(15(27)25(16)13(8)17(28)29)22-14(26)11(23-30)10-4-34-18(19)21-10/h2,4,7,12,16,30H,3,5-6H2,1H3,(H2,19,21)(H,22,26)(H,28,29)/b23-11-/t12?,16-/m1/s1. The van der Waals surface area contributed by atoms with E-state index in [2.05, 4.69) is 20.4 Å². The summed E-state index contributed by atoms with van der Waals surface area (Å²) in [7, 11) is -2.08. The molecular formula is C18H19N7O7S3. The normalized spacial score (nSPS) is 20.4. The quantitative estimate of drug-likeness (QED) is 0.138. The topological polar surface area (TPSA) is 210 Å². The van der Waals surface area contributed by atoms with Gasteiger partial charge in [-0.15, -0.1) is 23.1 Å². The third-order valence-corrected chi connectivity index (χ3v) is 8.67. The van der Waals surface area contributed by atoms with E-state index < -0.39 is 56.2 Å². The van der Waals surface area contributed by atoms with Crippen molar-refractivity contribution in [2.24, 2.45) is 12.2 Å². The van der Waals surface area contributed by atoms with E-state index >= 15 is 0 Å². The fourth-order valence-corrected chi connectivity index (χ4v) is 7.19. The molecule has 2 aromatic heterocycles. The van der Waals surface area contributed by atoms with E-state index in [0.29, 0.717) is 5.69 Å². The fraction of sp³-hybridized carbons (Fsp3) is 0.333. The lowest BCUT2D eigenvalue weighted by Crippen LogP contribution is -2.71. The number of carboxylic acids is 1. The van der Waals surface area contributed by atoms with Crippen molar-refractivity contribution in [2.75, 3.05) is 17.2 Å². The van der Waals surface area contributed by atoms with E-state index in [4.69, 9.17) is 5.73 Å². The predicted molar refractivity (Wildman–Crippen MR) is 125 cm³/mol. The Balaban J connectivity index is 1.51. The number of thiazole rings is 1. The van der Waals surface area contributed by atoms with Crippen LogP contribution in [0.1, 0.15) is 11.4 Å². The minimum atomic E-state index is -3.78. The Morgan fingerprint density at radius 1 is 1.37 bits per heavy atom. The van der Waals surface area contributed by atoms with Gasteiger partial charge in [-0.25, -0.2) is 23.2 Å². The summed E-state index contributed by atoms with van der Waals surface area (Å²) in [5.74, 6) is -4.00. The van der Waals surface area contributed by atoms with Crippen molar-refractivity contribution in [3.8, 4) is 0 Å². The van der Waals surface area contributed by atoms with Gasteiger partial charge in [0.15, 0.2) is 20.7 Å². The van der Waals surface area contributed by atoms with Gasteiger partial charge in [0, 0.05) is 24.4 Å². The minimum absolute atomic E-state index is 0.0129. The Morgan fingerprint density at radius 2 is 2.11 bits per heavy atom. The highest BCUT2D eigenvalue weighted by molar-refractivity contribution is 8.00. The van der Waals surface area contributed by atoms with Gasteiger partial charge >= 0.3 is 5.97 Å². The molecule has 0 radical (unpaired) electrons. The number of sulfone groups is 1. The second-order valence-corrected chi connectivity index (χ2v) is 11.8. The van der Waals surface area contributed by atoms with Crippen molar-refractivity contribution in [1.29, 1.82) is 0 Å². The number of rotatable bonds is 8. The highest BCUT2D eigenvalue weighted by Gasteiger charge is 2.54. The Hall–Kier alpha value is -3.44. The lowest BCUT2D eigenvalue weighted by atomic mass is 10.0. The van der Waals surface area contributed by atoms with Gasteiger partial charge in [0.2, 0.25) is 0 Å². The molecule has 1 unspecified atom stereocenters. The summed E-state index contributed by atoms with van der Waals surface area (Å²) >= 11 is 2.14. The number of thioether (sulfide) groups is 1. The first-order valence-electron chi connectivity index (χ1n) is 9.82. The number of oxime groups is 1. The number of carboxylic acid groups (broad SMARTS) is 1. The van der Waals surface area contributed by atoms with E-state index in [1.54, 1.807) is 17.8 Å². The molecule has 4 rings (SSSR count). The molecule has 0 spiro atoms. The average Bonchev–Trinajstić information content (AvgIpc) is 3.39. The van der Waals surface area contributed by atoms with Gasteiger partial charge in [-0.1, -0.05) is 5.16 Å². The van der Waals surface area contributed by atoms with E-state index in [1.807, 2.05) is 0 Å². The van der Waals surface area contributed by atoms with Gasteiger partial charge in [0.1, 0.15) is 22.8 Å². The number of aliphatic carboxylic acids is 1. The second kappa shape index (κ2) is 9.31. The number of nitrogens with zero attached hydrogens (tertiary/aromatic N) is 5. The predicted octanol–water partition coefficient (Wildman–Crippen LogP) is -1.01. The number of anilines is 1. The number of fused-ring (bicyclic) bond motifs is 1. The zero-order valence-electron chi connectivity index (χ0n) is 18.0. The average molecular weight is 542 g/mol. The first-order chi connectivity index (χ1) is 16.5. The molecular weight excluding hydrogens is 522 g/mol. The molecule has 1 saturated heterocycles. The summed E-state index contributed by atoms with van der Waals surface area (Å²) in [5.41, 5.74) is 5.06. The third kappa shape index (κ3) is 4.87. The van der Waals surface area contributed by atoms with E-state index in [-0.39, 0.29) is 27.9 Å². The summed E-state index contributed by atoms with van der Waals surface area (Å²) in [6, 6.07) is -1.11. The number of nitrogens with two attached hydrogens (primary N) is 1. The number of nitrogen functional groups attached to an aromatic ring is 1. The van der Waals surface area contributed by atoms with Crippen LogP contribution in [0.4, 0.5) is 5.13 Å². The van der Waals surface area contributed by atoms with Crippen LogP contribution in [0.2, 0.25) is 0 Å². The Bertz CT molecular complexity index is 1380. The molecule has 0 aromatic carbocycles. The SMILES string of the molecule is Cn1cnc(CS(=O)(=O)CC2=C(C(=O)O)N3C(=O)C(NC(=O)/C(=N\O)c4csc(N)n4)[C@H]3SC2)c1. The molecule has 4 heterocycles. The molecule has 2 amide bonds. The lowest BCUT2D eigenvalue weighted by Gasteiger charge is -2.49. The molecule has 2 aliphatic heterocycles. The number of nitrogens with one attached hydrogen (secondary N) is 1. The number of carbonyl (C=O) groups is 3. The smallest absolute Gasteiger partial charge is 0.352 e. The summed E-state index contributed by atoms with van der Waals surface area (Å²) in [6.45, 7) is 0. The summed E-state index contributed by atoms with van der Waals surface area (Å²) in [5, 5.41) is 25.1. The van der Waals surface area contributed by atoms with Crippen molar-refractivity contribution in [2.45, 2.75) is 17.2 Å². The van der Waals surface area contributed by atoms with E-state index in [1.165, 1.54) is 11.7 Å². The number of imidazole rings is 1. The summed E-state index contributed by atoms with van der Waals surface area (Å²) in [6.07, 6.45) is 3.00. The summed E-state index contributed by atoms with van der Waals surface area (Å²) in [4.78, 5) is 46.2. The van der Waals surface area contributed by atoms with Crippen LogP contribution in [0.15, 0.2) is 34.3 Å². The number of amides is 2. The minimum Gasteiger partial charge on any atom is -0.477 e. The molecule has 35 heavy (non-hydrogen) atoms. The molecule has 1 fully saturated rings. The third-order valence-electron chi connectivity index (χ3n) is 5.14. The molecule has 0 aliphatic carbocycles. The van der Waals surface area contributed by atoms with Crippen LogP contribution in [-0.2, 0) is 37.0 Å². The second-order valence-electron chi connectivity index (χ2n) is 7.70. The van der Waals surface area contributed by atoms with Crippen LogP contribution >= 0.6 is 23.1 Å². The monoisotopic (exact) mass is 541 g/mol. The van der Waals surface area contributed by atoms with E-state index in [0.717, 1.165) is 28.0 Å². The number of aromatic nitrogens is 3. The maximum atomic E-state index is 12.8. The largest absolute Gasteiger partial charge is 0.477 e. The van der Waals surface area contributed by atoms with Gasteiger partial charge < -0.3 is 25.9 Å². The van der Waals surface area contributed by atoms with Gasteiger partial charge in [-0.2, -0.15) is 0 Å². The Morgan fingerprint density at radius 3 is 2.69 bits per heavy atom. The first kappa shape index (κ1) is 24.7. The van der Waals surface area contributed by atoms with Gasteiger partial charge in [0.05, 0.1) is 23.5 Å². The highest BCUT2D eigenvalue weighted by Crippen LogP contribution is 2.40. The van der Waals surface area contributed by atoms with Gasteiger partial charge in [-0.05, 0) is 5.57 Å². The van der Waals surface area contributed by atoms with Crippen LogP contribution in [0, 0.1) is 0 Å². The number of hydrogen-bond donors (Lipinski definition) is 4. The zero-order chi connectivity index (χ0) is 25.5. The molecule has 2 atom stereocenters. The number of β-lactam (4-membered cyclic amide) rings is 1.